The number of piperidine rings is 1. The average Bonchev–Trinajstić information content (AvgIpc) is 3.13. The number of nitrogens with zero attached hydrogens (tertiary/aromatic N) is 3. The molecule has 1 aliphatic heterocycles. The minimum Gasteiger partial charge on any atom is -0.342 e. The van der Waals surface area contributed by atoms with E-state index in [9.17, 15) is 4.79 Å². The van der Waals surface area contributed by atoms with E-state index >= 15 is 0 Å². The van der Waals surface area contributed by atoms with Crippen LogP contribution in [0.3, 0.4) is 0 Å². The fourth-order valence-corrected chi connectivity index (χ4v) is 4.48. The molecule has 1 saturated carbocycles. The molecule has 1 amide bonds. The standard InChI is InChI=1S/C20H33N3O/c1-2-3-4-17-5-7-19(8-6-17)20(24)23-12-9-18(10-13-23)15-22-14-11-21-16-22/h11,14,16-19H,2-10,12-13,15H2,1H3. The van der Waals surface area contributed by atoms with Crippen molar-refractivity contribution in [2.24, 2.45) is 17.8 Å². The summed E-state index contributed by atoms with van der Waals surface area (Å²) in [7, 11) is 0. The third-order valence-electron chi connectivity index (χ3n) is 6.12. The highest BCUT2D eigenvalue weighted by Gasteiger charge is 2.31. The number of unbranched alkanes of at least 4 members (excludes halogenated alkanes) is 1. The van der Waals surface area contributed by atoms with E-state index in [1.165, 1.54) is 32.1 Å². The van der Waals surface area contributed by atoms with Gasteiger partial charge in [-0.15, -0.1) is 0 Å². The van der Waals surface area contributed by atoms with E-state index in [4.69, 9.17) is 0 Å². The van der Waals surface area contributed by atoms with Crippen LogP contribution in [0, 0.1) is 17.8 Å². The first-order valence-electron chi connectivity index (χ1n) is 10.0. The van der Waals surface area contributed by atoms with E-state index in [1.807, 2.05) is 18.7 Å². The molecule has 1 saturated heterocycles. The van der Waals surface area contributed by atoms with Crippen LogP contribution in [0.25, 0.3) is 0 Å². The Morgan fingerprint density at radius 1 is 1.08 bits per heavy atom. The Hall–Kier alpha value is -1.32. The van der Waals surface area contributed by atoms with Crippen molar-refractivity contribution in [1.82, 2.24) is 14.5 Å². The van der Waals surface area contributed by atoms with Gasteiger partial charge in [-0.2, -0.15) is 0 Å². The molecule has 4 nitrogen and oxygen atoms in total. The zero-order valence-corrected chi connectivity index (χ0v) is 15.2. The van der Waals surface area contributed by atoms with Gasteiger partial charge in [-0.3, -0.25) is 4.79 Å². The molecule has 4 heteroatoms. The zero-order chi connectivity index (χ0) is 16.8. The van der Waals surface area contributed by atoms with Crippen molar-refractivity contribution in [3.63, 3.8) is 0 Å². The van der Waals surface area contributed by atoms with Crippen molar-refractivity contribution in [2.45, 2.75) is 71.3 Å². The van der Waals surface area contributed by atoms with Gasteiger partial charge in [-0.25, -0.2) is 4.98 Å². The molecule has 0 radical (unpaired) electrons. The van der Waals surface area contributed by atoms with Gasteiger partial charge < -0.3 is 9.47 Å². The Morgan fingerprint density at radius 2 is 1.83 bits per heavy atom. The van der Waals surface area contributed by atoms with Gasteiger partial charge >= 0.3 is 0 Å². The monoisotopic (exact) mass is 331 g/mol. The fraction of sp³-hybridized carbons (Fsp3) is 0.800. The van der Waals surface area contributed by atoms with Gasteiger partial charge in [0.15, 0.2) is 0 Å². The molecule has 134 valence electrons. The maximum Gasteiger partial charge on any atom is 0.225 e. The minimum atomic E-state index is 0.313. The molecule has 3 rings (SSSR count). The summed E-state index contributed by atoms with van der Waals surface area (Å²) in [5.74, 6) is 2.33. The molecular weight excluding hydrogens is 298 g/mol. The molecule has 1 aromatic rings. The summed E-state index contributed by atoms with van der Waals surface area (Å²) in [6, 6.07) is 0. The van der Waals surface area contributed by atoms with Gasteiger partial charge in [-0.1, -0.05) is 26.2 Å². The Kier molecular flexibility index (Phi) is 6.33. The molecule has 2 aliphatic rings. The average molecular weight is 332 g/mol. The van der Waals surface area contributed by atoms with Gasteiger partial charge in [0, 0.05) is 37.9 Å². The van der Waals surface area contributed by atoms with Crippen LogP contribution in [0.4, 0.5) is 0 Å². The molecule has 2 fully saturated rings. The molecular formula is C20H33N3O. The van der Waals surface area contributed by atoms with Gasteiger partial charge in [0.05, 0.1) is 6.33 Å². The topological polar surface area (TPSA) is 38.1 Å². The van der Waals surface area contributed by atoms with Crippen LogP contribution in [-0.2, 0) is 11.3 Å². The molecule has 1 aromatic heterocycles. The first-order chi connectivity index (χ1) is 11.8. The maximum absolute atomic E-state index is 12.8. The molecule has 0 spiro atoms. The summed E-state index contributed by atoms with van der Waals surface area (Å²) < 4.78 is 2.17. The van der Waals surface area contributed by atoms with E-state index in [-0.39, 0.29) is 0 Å². The lowest BCUT2D eigenvalue weighted by Gasteiger charge is -2.36. The molecule has 1 aliphatic carbocycles. The van der Waals surface area contributed by atoms with Crippen molar-refractivity contribution in [2.75, 3.05) is 13.1 Å². The minimum absolute atomic E-state index is 0.313. The van der Waals surface area contributed by atoms with Gasteiger partial charge in [-0.05, 0) is 50.4 Å². The second-order valence-electron chi connectivity index (χ2n) is 7.89. The van der Waals surface area contributed by atoms with E-state index in [0.717, 1.165) is 51.2 Å². The van der Waals surface area contributed by atoms with Crippen molar-refractivity contribution in [1.29, 1.82) is 0 Å². The van der Waals surface area contributed by atoms with Crippen LogP contribution in [0.1, 0.15) is 64.7 Å². The van der Waals surface area contributed by atoms with Crippen LogP contribution < -0.4 is 0 Å². The van der Waals surface area contributed by atoms with Crippen LogP contribution in [0.15, 0.2) is 18.7 Å². The maximum atomic E-state index is 12.8. The number of carbonyl (C=O) groups is 1. The van der Waals surface area contributed by atoms with Crippen molar-refractivity contribution in [3.05, 3.63) is 18.7 Å². The molecule has 0 aromatic carbocycles. The number of carbonyl (C=O) groups excluding carboxylic acids is 1. The van der Waals surface area contributed by atoms with Crippen LogP contribution >= 0.6 is 0 Å². The summed E-state index contributed by atoms with van der Waals surface area (Å²) >= 11 is 0. The smallest absolute Gasteiger partial charge is 0.225 e. The Labute approximate surface area is 146 Å². The van der Waals surface area contributed by atoms with Gasteiger partial charge in [0.1, 0.15) is 0 Å². The number of amides is 1. The van der Waals surface area contributed by atoms with Crippen LogP contribution in [0.2, 0.25) is 0 Å². The number of hydrogen-bond acceptors (Lipinski definition) is 2. The van der Waals surface area contributed by atoms with Crippen LogP contribution in [-0.4, -0.2) is 33.4 Å². The summed E-state index contributed by atoms with van der Waals surface area (Å²) in [6.07, 6.45) is 16.9. The number of aromatic nitrogens is 2. The Balaban J connectivity index is 1.39. The predicted octanol–water partition coefficient (Wildman–Crippen LogP) is 4.12. The quantitative estimate of drug-likeness (QED) is 0.786. The van der Waals surface area contributed by atoms with Crippen LogP contribution in [0.5, 0.6) is 0 Å². The first-order valence-corrected chi connectivity index (χ1v) is 10.0. The summed E-state index contributed by atoms with van der Waals surface area (Å²) in [6.45, 7) is 5.22. The molecule has 0 bridgehead atoms. The molecule has 2 heterocycles. The van der Waals surface area contributed by atoms with Gasteiger partial charge in [0.2, 0.25) is 5.91 Å². The Morgan fingerprint density at radius 3 is 2.46 bits per heavy atom. The van der Waals surface area contributed by atoms with Crippen molar-refractivity contribution < 1.29 is 4.79 Å². The number of likely N-dealkylation sites (tertiary alicyclic amines) is 1. The Bertz CT molecular complexity index is 483. The zero-order valence-electron chi connectivity index (χ0n) is 15.2. The predicted molar refractivity (Wildman–Crippen MR) is 96.5 cm³/mol. The largest absolute Gasteiger partial charge is 0.342 e. The third-order valence-corrected chi connectivity index (χ3v) is 6.12. The van der Waals surface area contributed by atoms with E-state index < -0.39 is 0 Å². The highest BCUT2D eigenvalue weighted by Crippen LogP contribution is 2.33. The summed E-state index contributed by atoms with van der Waals surface area (Å²) in [5, 5.41) is 0. The van der Waals surface area contributed by atoms with E-state index in [1.54, 1.807) is 0 Å². The lowest BCUT2D eigenvalue weighted by Crippen LogP contribution is -2.43. The fourth-order valence-electron chi connectivity index (χ4n) is 4.48. The van der Waals surface area contributed by atoms with E-state index in [2.05, 4.69) is 21.4 Å². The van der Waals surface area contributed by atoms with Crippen molar-refractivity contribution in [3.8, 4) is 0 Å². The van der Waals surface area contributed by atoms with E-state index in [0.29, 0.717) is 17.7 Å². The molecule has 0 unspecified atom stereocenters. The highest BCUT2D eigenvalue weighted by molar-refractivity contribution is 5.79. The highest BCUT2D eigenvalue weighted by atomic mass is 16.2. The van der Waals surface area contributed by atoms with Gasteiger partial charge in [0.25, 0.3) is 0 Å². The lowest BCUT2D eigenvalue weighted by atomic mass is 9.79. The molecule has 0 N–H and O–H groups in total. The second-order valence-corrected chi connectivity index (χ2v) is 7.89. The third kappa shape index (κ3) is 4.61. The molecule has 0 atom stereocenters. The number of imidazole rings is 1. The number of rotatable bonds is 6. The summed E-state index contributed by atoms with van der Waals surface area (Å²) in [5.41, 5.74) is 0. The number of hydrogen-bond donors (Lipinski definition) is 0. The SMILES string of the molecule is CCCCC1CCC(C(=O)N2CCC(Cn3ccnc3)CC2)CC1. The first kappa shape index (κ1) is 17.5. The second kappa shape index (κ2) is 8.68. The molecule has 24 heavy (non-hydrogen) atoms. The normalized spacial score (nSPS) is 25.8. The van der Waals surface area contributed by atoms with Crippen molar-refractivity contribution >= 4 is 5.91 Å². The lowest BCUT2D eigenvalue weighted by molar-refractivity contribution is -0.138. The summed E-state index contributed by atoms with van der Waals surface area (Å²) in [4.78, 5) is 19.1.